The predicted molar refractivity (Wildman–Crippen MR) is 187 cm³/mol. The first-order valence-corrected chi connectivity index (χ1v) is 16.4. The summed E-state index contributed by atoms with van der Waals surface area (Å²) >= 11 is 0. The molecule has 4 aromatic rings. The highest BCUT2D eigenvalue weighted by Gasteiger charge is 2.31. The van der Waals surface area contributed by atoms with Crippen molar-refractivity contribution in [3.8, 4) is 40.8 Å². The van der Waals surface area contributed by atoms with E-state index in [0.717, 1.165) is 12.1 Å². The van der Waals surface area contributed by atoms with Crippen LogP contribution in [0, 0.1) is 28.4 Å². The first kappa shape index (κ1) is 36.8. The van der Waals surface area contributed by atoms with E-state index < -0.39 is 41.2 Å². The summed E-state index contributed by atoms with van der Waals surface area (Å²) in [6, 6.07) is 22.2. The largest absolute Gasteiger partial charge is 0.485 e. The second kappa shape index (κ2) is 17.5. The minimum Gasteiger partial charge on any atom is -0.485 e. The molecule has 270 valence electrons. The molecule has 0 radical (unpaired) electrons. The van der Waals surface area contributed by atoms with E-state index in [0.29, 0.717) is 17.9 Å². The second-order valence-electron chi connectivity index (χ2n) is 11.4. The number of nitrogens with zero attached hydrogens (tertiary/aromatic N) is 4. The number of halogens is 2. The Hall–Kier alpha value is -6.43. The second-order valence-corrected chi connectivity index (χ2v) is 11.4. The van der Waals surface area contributed by atoms with Gasteiger partial charge < -0.3 is 39.6 Å². The predicted octanol–water partition coefficient (Wildman–Crippen LogP) is 5.66. The third-order valence-corrected chi connectivity index (χ3v) is 7.63. The Labute approximate surface area is 299 Å². The standard InChI is InChI=1S/C37H37F2N7O6/c1-3-48-36(47)28(13-8-16-44-37(41)42)51-32-30(38)34(50-26-12-7-11-25(20-26)33-43-17-18-46(33)2)45-35(31(32)39)52-29-19-24(21-40)14-15-27(29)49-22-23-9-5-4-6-10-23/h4-7,9-12,14-15,19-20,28H,3,8,13,16-18,22H2,1-2H3,(H4,41,42,44). The van der Waals surface area contributed by atoms with Gasteiger partial charge in [0.15, 0.2) is 23.6 Å². The molecule has 2 heterocycles. The summed E-state index contributed by atoms with van der Waals surface area (Å²) in [5.41, 5.74) is 7.04. The van der Waals surface area contributed by atoms with Crippen molar-refractivity contribution in [2.24, 2.45) is 10.7 Å². The van der Waals surface area contributed by atoms with Crippen molar-refractivity contribution in [1.29, 1.82) is 10.7 Å². The van der Waals surface area contributed by atoms with Gasteiger partial charge in [-0.2, -0.15) is 19.0 Å². The van der Waals surface area contributed by atoms with Crippen molar-refractivity contribution >= 4 is 17.8 Å². The van der Waals surface area contributed by atoms with Gasteiger partial charge in [0.1, 0.15) is 18.2 Å². The van der Waals surface area contributed by atoms with Gasteiger partial charge in [-0.05, 0) is 49.6 Å². The fourth-order valence-electron chi connectivity index (χ4n) is 5.10. The van der Waals surface area contributed by atoms with E-state index in [2.05, 4.69) is 15.3 Å². The molecule has 5 rings (SSSR count). The zero-order valence-electron chi connectivity index (χ0n) is 28.5. The number of rotatable bonds is 16. The van der Waals surface area contributed by atoms with Gasteiger partial charge >= 0.3 is 5.97 Å². The van der Waals surface area contributed by atoms with Crippen molar-refractivity contribution in [2.45, 2.75) is 32.5 Å². The topological polar surface area (TPSA) is 177 Å². The third kappa shape index (κ3) is 9.42. The molecule has 1 unspecified atom stereocenters. The number of aromatic nitrogens is 1. The van der Waals surface area contributed by atoms with E-state index >= 15 is 8.78 Å². The molecule has 0 fully saturated rings. The summed E-state index contributed by atoms with van der Waals surface area (Å²) in [5.74, 6) is -5.56. The number of nitrogens with two attached hydrogens (primary N) is 1. The molecule has 0 bridgehead atoms. The molecule has 4 N–H and O–H groups in total. The maximum absolute atomic E-state index is 16.4. The quantitative estimate of drug-likeness (QED) is 0.0565. The Morgan fingerprint density at radius 2 is 1.83 bits per heavy atom. The molecule has 1 aromatic heterocycles. The average molecular weight is 714 g/mol. The van der Waals surface area contributed by atoms with Crippen molar-refractivity contribution < 1.29 is 37.3 Å². The lowest BCUT2D eigenvalue weighted by Crippen LogP contribution is -2.34. The summed E-state index contributed by atoms with van der Waals surface area (Å²) in [5, 5.41) is 19.6. The fourth-order valence-corrected chi connectivity index (χ4v) is 5.10. The van der Waals surface area contributed by atoms with E-state index in [1.54, 1.807) is 25.1 Å². The number of amidine groups is 1. The first-order chi connectivity index (χ1) is 25.2. The Morgan fingerprint density at radius 3 is 2.52 bits per heavy atom. The highest BCUT2D eigenvalue weighted by atomic mass is 19.1. The molecule has 1 atom stereocenters. The third-order valence-electron chi connectivity index (χ3n) is 7.63. The number of aliphatic imine (C=N–C) groups is 1. The smallest absolute Gasteiger partial charge is 0.347 e. The van der Waals surface area contributed by atoms with E-state index in [1.165, 1.54) is 18.2 Å². The average Bonchev–Trinajstić information content (AvgIpc) is 3.58. The van der Waals surface area contributed by atoms with Gasteiger partial charge in [-0.3, -0.25) is 10.4 Å². The Kier molecular flexibility index (Phi) is 12.4. The maximum atomic E-state index is 16.4. The number of carbonyl (C=O) groups excluding carboxylic acids is 1. The lowest BCUT2D eigenvalue weighted by atomic mass is 10.2. The lowest BCUT2D eigenvalue weighted by molar-refractivity contribution is -0.152. The van der Waals surface area contributed by atoms with Crippen LogP contribution >= 0.6 is 0 Å². The van der Waals surface area contributed by atoms with E-state index in [1.807, 2.05) is 54.4 Å². The van der Waals surface area contributed by atoms with E-state index in [4.69, 9.17) is 34.8 Å². The van der Waals surface area contributed by atoms with Crippen LogP contribution in [0.15, 0.2) is 77.8 Å². The van der Waals surface area contributed by atoms with E-state index in [-0.39, 0.29) is 61.4 Å². The van der Waals surface area contributed by atoms with Crippen LogP contribution in [0.3, 0.4) is 0 Å². The van der Waals surface area contributed by atoms with Crippen LogP contribution < -0.4 is 30.0 Å². The summed E-state index contributed by atoms with van der Waals surface area (Å²) < 4.78 is 61.2. The highest BCUT2D eigenvalue weighted by Crippen LogP contribution is 2.41. The molecule has 0 saturated carbocycles. The van der Waals surface area contributed by atoms with Crippen LogP contribution in [0.25, 0.3) is 0 Å². The van der Waals surface area contributed by atoms with Crippen LogP contribution in [0.2, 0.25) is 0 Å². The van der Waals surface area contributed by atoms with Crippen LogP contribution in [0.5, 0.6) is 34.8 Å². The molecule has 15 heteroatoms. The Bertz CT molecular complexity index is 1970. The van der Waals surface area contributed by atoms with Crippen molar-refractivity contribution in [2.75, 3.05) is 33.3 Å². The summed E-state index contributed by atoms with van der Waals surface area (Å²) in [6.45, 7) is 3.19. The van der Waals surface area contributed by atoms with Gasteiger partial charge in [-0.15, -0.1) is 0 Å². The normalized spacial score (nSPS) is 12.7. The minimum absolute atomic E-state index is 0.0216. The highest BCUT2D eigenvalue weighted by molar-refractivity contribution is 5.99. The van der Waals surface area contributed by atoms with Gasteiger partial charge in [0.25, 0.3) is 11.8 Å². The number of esters is 1. The monoisotopic (exact) mass is 713 g/mol. The SMILES string of the molecule is CCOC(=O)C(CCCNC(=N)N)Oc1c(F)c(Oc2cccc(C3=NCCN3C)c2)nc(Oc2cc(C#N)ccc2OCc2ccccc2)c1F. The van der Waals surface area contributed by atoms with Gasteiger partial charge in [0.2, 0.25) is 17.4 Å². The summed E-state index contributed by atoms with van der Waals surface area (Å²) in [7, 11) is 1.89. The van der Waals surface area contributed by atoms with Gasteiger partial charge in [-0.25, -0.2) is 4.79 Å². The molecule has 0 aliphatic carbocycles. The Balaban J connectivity index is 1.54. The number of hydrogen-bond donors (Lipinski definition) is 3. The zero-order chi connectivity index (χ0) is 37.0. The van der Waals surface area contributed by atoms with Crippen molar-refractivity contribution in [3.63, 3.8) is 0 Å². The van der Waals surface area contributed by atoms with Crippen molar-refractivity contribution in [1.82, 2.24) is 15.2 Å². The van der Waals surface area contributed by atoms with Crippen LogP contribution in [-0.2, 0) is 16.1 Å². The molecular formula is C37H37F2N7O6. The van der Waals surface area contributed by atoms with Crippen molar-refractivity contribution in [3.05, 3.63) is 101 Å². The number of ether oxygens (including phenoxy) is 5. The van der Waals surface area contributed by atoms with Gasteiger partial charge in [-0.1, -0.05) is 42.5 Å². The van der Waals surface area contributed by atoms with Crippen LogP contribution in [0.1, 0.15) is 36.5 Å². The summed E-state index contributed by atoms with van der Waals surface area (Å²) in [4.78, 5) is 23.4. The molecular weight excluding hydrogens is 676 g/mol. The molecule has 0 amide bonds. The summed E-state index contributed by atoms with van der Waals surface area (Å²) in [6.07, 6.45) is -1.32. The maximum Gasteiger partial charge on any atom is 0.347 e. The zero-order valence-corrected chi connectivity index (χ0v) is 28.5. The Morgan fingerprint density at radius 1 is 1.06 bits per heavy atom. The number of carbonyl (C=O) groups is 1. The molecule has 13 nitrogen and oxygen atoms in total. The molecule has 0 spiro atoms. The number of pyridine rings is 1. The van der Waals surface area contributed by atoms with E-state index in [9.17, 15) is 10.1 Å². The van der Waals surface area contributed by atoms with Crippen LogP contribution in [0.4, 0.5) is 8.78 Å². The number of likely N-dealkylation sites (N-methyl/N-ethyl adjacent to an activating group) is 1. The van der Waals surface area contributed by atoms with Gasteiger partial charge in [0.05, 0.1) is 24.8 Å². The number of nitrogens with one attached hydrogen (secondary N) is 2. The molecule has 52 heavy (non-hydrogen) atoms. The fraction of sp³-hybridized carbons (Fsp3) is 0.270. The number of guanidine groups is 1. The lowest BCUT2D eigenvalue weighted by Gasteiger charge is -2.21. The van der Waals surface area contributed by atoms with Gasteiger partial charge in [0, 0.05) is 31.8 Å². The molecule has 3 aromatic carbocycles. The molecule has 0 saturated heterocycles. The van der Waals surface area contributed by atoms with Crippen LogP contribution in [-0.4, -0.2) is 67.0 Å². The first-order valence-electron chi connectivity index (χ1n) is 16.4. The number of nitriles is 1. The molecule has 1 aliphatic heterocycles. The number of benzene rings is 3. The number of hydrogen-bond acceptors (Lipinski definition) is 11. The molecule has 1 aliphatic rings. The minimum atomic E-state index is -1.48.